The predicted molar refractivity (Wildman–Crippen MR) is 98.0 cm³/mol. The molecule has 0 aromatic heterocycles. The van der Waals surface area contributed by atoms with E-state index >= 15 is 0 Å². The van der Waals surface area contributed by atoms with Gasteiger partial charge in [0.2, 0.25) is 5.96 Å². The Bertz CT molecular complexity index is 743. The van der Waals surface area contributed by atoms with Crippen LogP contribution < -0.4 is 10.0 Å². The van der Waals surface area contributed by atoms with Crippen LogP contribution in [0.2, 0.25) is 0 Å². The van der Waals surface area contributed by atoms with E-state index in [2.05, 4.69) is 27.1 Å². The number of anilines is 1. The predicted octanol–water partition coefficient (Wildman–Crippen LogP) is 2.02. The van der Waals surface area contributed by atoms with Crippen molar-refractivity contribution in [1.29, 1.82) is 0 Å². The fraction of sp³-hybridized carbons (Fsp3) is 0.500. The van der Waals surface area contributed by atoms with E-state index in [9.17, 15) is 8.42 Å². The van der Waals surface area contributed by atoms with Crippen LogP contribution in [0.1, 0.15) is 25.8 Å². The maximum absolute atomic E-state index is 12.7. The lowest BCUT2D eigenvalue weighted by Gasteiger charge is -2.19. The van der Waals surface area contributed by atoms with Crippen molar-refractivity contribution in [2.45, 2.75) is 32.1 Å². The van der Waals surface area contributed by atoms with Gasteiger partial charge in [-0.15, -0.1) is 0 Å². The Morgan fingerprint density at radius 3 is 2.75 bits per heavy atom. The third-order valence-corrected chi connectivity index (χ3v) is 5.24. The van der Waals surface area contributed by atoms with Gasteiger partial charge in [0.05, 0.1) is 11.4 Å². The second-order valence-corrected chi connectivity index (χ2v) is 7.33. The zero-order chi connectivity index (χ0) is 17.7. The summed E-state index contributed by atoms with van der Waals surface area (Å²) in [5.41, 5.74) is 1.76. The first-order valence-electron chi connectivity index (χ1n) is 8.08. The lowest BCUT2D eigenvalue weighted by molar-refractivity contribution is 0.429. The van der Waals surface area contributed by atoms with Gasteiger partial charge in [0.1, 0.15) is 0 Å². The van der Waals surface area contributed by atoms with Gasteiger partial charge in [-0.1, -0.05) is 13.0 Å². The van der Waals surface area contributed by atoms with Crippen LogP contribution in [0.3, 0.4) is 0 Å². The molecule has 24 heavy (non-hydrogen) atoms. The van der Waals surface area contributed by atoms with Crippen molar-refractivity contribution in [1.82, 2.24) is 9.73 Å². The van der Waals surface area contributed by atoms with Crippen LogP contribution in [-0.2, 0) is 10.0 Å². The molecule has 0 aliphatic carbocycles. The smallest absolute Gasteiger partial charge is 0.264 e. The van der Waals surface area contributed by atoms with E-state index in [4.69, 9.17) is 0 Å². The molecule has 2 N–H and O–H groups in total. The molecule has 0 saturated heterocycles. The summed E-state index contributed by atoms with van der Waals surface area (Å²) in [5, 5.41) is 8.88. The lowest BCUT2D eigenvalue weighted by atomic mass is 10.1. The van der Waals surface area contributed by atoms with Gasteiger partial charge in [-0.3, -0.25) is 4.99 Å². The molecule has 1 aromatic rings. The largest absolute Gasteiger partial charge is 0.388 e. The number of nitrogens with one attached hydrogen (secondary N) is 2. The van der Waals surface area contributed by atoms with Gasteiger partial charge in [0.25, 0.3) is 10.0 Å². The Balaban J connectivity index is 2.25. The molecule has 1 atom stereocenters. The molecule has 8 heteroatoms. The number of nitrogens with zero attached hydrogens (tertiary/aromatic N) is 3. The minimum absolute atomic E-state index is 0.191. The lowest BCUT2D eigenvalue weighted by Crippen LogP contribution is -2.41. The standard InChI is InChI=1S/C16H25N5O2S/c1-5-13-10-19-21(11-13)16(18-6-2)20-24(22,23)14-8-7-12(3)15(9-14)17-4/h7-10,13,17H,5-6,11H2,1-4H3,(H,18,20). The highest BCUT2D eigenvalue weighted by molar-refractivity contribution is 7.90. The number of rotatable bonds is 5. The van der Waals surface area contributed by atoms with E-state index in [1.54, 1.807) is 30.3 Å². The summed E-state index contributed by atoms with van der Waals surface area (Å²) in [7, 11) is -1.97. The summed E-state index contributed by atoms with van der Waals surface area (Å²) in [4.78, 5) is 4.46. The van der Waals surface area contributed by atoms with E-state index in [0.717, 1.165) is 17.7 Å². The van der Waals surface area contributed by atoms with E-state index in [1.807, 2.05) is 20.1 Å². The van der Waals surface area contributed by atoms with E-state index < -0.39 is 10.0 Å². The second-order valence-electron chi connectivity index (χ2n) is 5.65. The van der Waals surface area contributed by atoms with Crippen LogP contribution >= 0.6 is 0 Å². The maximum Gasteiger partial charge on any atom is 0.264 e. The average Bonchev–Trinajstić information content (AvgIpc) is 3.03. The van der Waals surface area contributed by atoms with Gasteiger partial charge < -0.3 is 5.32 Å². The molecule has 132 valence electrons. The zero-order valence-electron chi connectivity index (χ0n) is 14.6. The molecular formula is C16H25N5O2S. The number of benzene rings is 1. The highest BCUT2D eigenvalue weighted by Crippen LogP contribution is 2.20. The summed E-state index contributed by atoms with van der Waals surface area (Å²) >= 11 is 0. The summed E-state index contributed by atoms with van der Waals surface area (Å²) in [5.74, 6) is 0.572. The van der Waals surface area contributed by atoms with Crippen molar-refractivity contribution in [3.8, 4) is 0 Å². The molecule has 0 bridgehead atoms. The summed E-state index contributed by atoms with van der Waals surface area (Å²) in [6.45, 7) is 6.95. The Morgan fingerprint density at radius 1 is 1.42 bits per heavy atom. The SMILES string of the molecule is CCN=C(NS(=O)(=O)c1ccc(C)c(NC)c1)N1CC(CC)C=N1. The average molecular weight is 351 g/mol. The minimum atomic E-state index is -3.73. The molecule has 0 saturated carbocycles. The van der Waals surface area contributed by atoms with Crippen LogP contribution in [0, 0.1) is 12.8 Å². The number of hydrazone groups is 1. The molecule has 2 rings (SSSR count). The normalized spacial score (nSPS) is 18.1. The van der Waals surface area contributed by atoms with Crippen molar-refractivity contribution >= 4 is 27.9 Å². The first-order valence-corrected chi connectivity index (χ1v) is 9.56. The summed E-state index contributed by atoms with van der Waals surface area (Å²) in [6, 6.07) is 4.98. The van der Waals surface area contributed by atoms with Gasteiger partial charge in [0.15, 0.2) is 0 Å². The highest BCUT2D eigenvalue weighted by Gasteiger charge is 2.25. The zero-order valence-corrected chi connectivity index (χ0v) is 15.4. The summed E-state index contributed by atoms with van der Waals surface area (Å²) < 4.78 is 28.0. The first kappa shape index (κ1) is 18.3. The van der Waals surface area contributed by atoms with Crippen LogP contribution in [0.15, 0.2) is 33.2 Å². The van der Waals surface area contributed by atoms with Crippen LogP contribution in [-0.4, -0.2) is 45.7 Å². The Morgan fingerprint density at radius 2 is 2.17 bits per heavy atom. The Labute approximate surface area is 143 Å². The number of guanidine groups is 1. The summed E-state index contributed by atoms with van der Waals surface area (Å²) in [6.07, 6.45) is 2.79. The van der Waals surface area contributed by atoms with E-state index in [1.165, 1.54) is 0 Å². The maximum atomic E-state index is 12.7. The molecule has 0 spiro atoms. The van der Waals surface area contributed by atoms with E-state index in [0.29, 0.717) is 19.0 Å². The van der Waals surface area contributed by atoms with Crippen LogP contribution in [0.4, 0.5) is 5.69 Å². The molecular weight excluding hydrogens is 326 g/mol. The van der Waals surface area contributed by atoms with Gasteiger partial charge >= 0.3 is 0 Å². The van der Waals surface area contributed by atoms with Crippen molar-refractivity contribution in [2.75, 3.05) is 25.5 Å². The minimum Gasteiger partial charge on any atom is -0.388 e. The topological polar surface area (TPSA) is 86.2 Å². The molecule has 7 nitrogen and oxygen atoms in total. The number of hydrogen-bond acceptors (Lipinski definition) is 5. The van der Waals surface area contributed by atoms with Crippen LogP contribution in [0.25, 0.3) is 0 Å². The molecule has 1 aromatic carbocycles. The van der Waals surface area contributed by atoms with Crippen molar-refractivity contribution in [3.05, 3.63) is 23.8 Å². The highest BCUT2D eigenvalue weighted by atomic mass is 32.2. The van der Waals surface area contributed by atoms with Gasteiger partial charge in [-0.25, -0.2) is 18.1 Å². The molecule has 0 radical (unpaired) electrons. The van der Waals surface area contributed by atoms with Gasteiger partial charge in [0, 0.05) is 31.4 Å². The van der Waals surface area contributed by atoms with Gasteiger partial charge in [-0.05, 0) is 38.0 Å². The second kappa shape index (κ2) is 7.65. The Hall–Kier alpha value is -2.09. The molecule has 1 heterocycles. The fourth-order valence-corrected chi connectivity index (χ4v) is 3.45. The number of sulfonamides is 1. The Kier molecular flexibility index (Phi) is 5.82. The molecule has 0 amide bonds. The monoisotopic (exact) mass is 351 g/mol. The van der Waals surface area contributed by atoms with Gasteiger partial charge in [-0.2, -0.15) is 5.10 Å². The number of hydrogen-bond donors (Lipinski definition) is 2. The van der Waals surface area contributed by atoms with Crippen molar-refractivity contribution < 1.29 is 8.42 Å². The van der Waals surface area contributed by atoms with Crippen LogP contribution in [0.5, 0.6) is 0 Å². The first-order chi connectivity index (χ1) is 11.4. The van der Waals surface area contributed by atoms with Crippen molar-refractivity contribution in [3.63, 3.8) is 0 Å². The number of aryl methyl sites for hydroxylation is 1. The van der Waals surface area contributed by atoms with Crippen molar-refractivity contribution in [2.24, 2.45) is 16.0 Å². The third kappa shape index (κ3) is 4.05. The molecule has 1 aliphatic heterocycles. The fourth-order valence-electron chi connectivity index (χ4n) is 2.40. The molecule has 0 fully saturated rings. The third-order valence-electron chi connectivity index (χ3n) is 3.92. The number of aliphatic imine (C=N–C) groups is 1. The molecule has 1 unspecified atom stereocenters. The quantitative estimate of drug-likeness (QED) is 0.628. The van der Waals surface area contributed by atoms with E-state index in [-0.39, 0.29) is 10.9 Å². The molecule has 1 aliphatic rings.